The average molecular weight is 361 g/mol. The third-order valence-corrected chi connectivity index (χ3v) is 5.21. The molecule has 2 unspecified atom stereocenters. The normalized spacial score (nSPS) is 18.0. The van der Waals surface area contributed by atoms with Gasteiger partial charge in [0.2, 0.25) is 5.91 Å². The summed E-state index contributed by atoms with van der Waals surface area (Å²) < 4.78 is 5.48. The van der Waals surface area contributed by atoms with Crippen LogP contribution in [0.15, 0.2) is 6.07 Å². The van der Waals surface area contributed by atoms with Gasteiger partial charge in [0.1, 0.15) is 5.75 Å². The van der Waals surface area contributed by atoms with Crippen molar-refractivity contribution in [1.29, 1.82) is 0 Å². The van der Waals surface area contributed by atoms with Crippen LogP contribution in [0.1, 0.15) is 56.4 Å². The second kappa shape index (κ2) is 7.68. The highest BCUT2D eigenvalue weighted by Gasteiger charge is 2.31. The van der Waals surface area contributed by atoms with E-state index in [1.807, 2.05) is 47.6 Å². The van der Waals surface area contributed by atoms with Gasteiger partial charge in [-0.25, -0.2) is 4.79 Å². The van der Waals surface area contributed by atoms with E-state index in [0.29, 0.717) is 5.75 Å². The van der Waals surface area contributed by atoms with E-state index in [1.165, 1.54) is 11.1 Å². The zero-order valence-corrected chi connectivity index (χ0v) is 16.7. The second-order valence-corrected chi connectivity index (χ2v) is 8.49. The summed E-state index contributed by atoms with van der Waals surface area (Å²) in [5, 5.41) is 12.0. The number of rotatable bonds is 5. The van der Waals surface area contributed by atoms with E-state index < -0.39 is 5.97 Å². The molecule has 2 N–H and O–H groups in total. The minimum Gasteiger partial charge on any atom is -0.482 e. The van der Waals surface area contributed by atoms with Crippen LogP contribution in [0.25, 0.3) is 0 Å². The van der Waals surface area contributed by atoms with E-state index in [9.17, 15) is 9.59 Å². The third-order valence-electron chi connectivity index (χ3n) is 5.21. The van der Waals surface area contributed by atoms with Gasteiger partial charge in [-0.1, -0.05) is 6.92 Å². The lowest BCUT2D eigenvalue weighted by molar-refractivity contribution is -0.139. The van der Waals surface area contributed by atoms with Crippen molar-refractivity contribution < 1.29 is 19.4 Å². The number of aryl methyl sites for hydroxylation is 1. The Bertz CT molecular complexity index is 703. The Morgan fingerprint density at radius 1 is 1.31 bits per heavy atom. The first kappa shape index (κ1) is 20.3. The second-order valence-electron chi connectivity index (χ2n) is 8.49. The number of ether oxygens (including phenoxy) is 1. The molecule has 1 amide bonds. The van der Waals surface area contributed by atoms with Gasteiger partial charge in [0.25, 0.3) is 0 Å². The zero-order chi connectivity index (χ0) is 19.6. The van der Waals surface area contributed by atoms with E-state index in [-0.39, 0.29) is 29.9 Å². The summed E-state index contributed by atoms with van der Waals surface area (Å²) in [4.78, 5) is 23.4. The lowest BCUT2D eigenvalue weighted by Crippen LogP contribution is -2.45. The Labute approximate surface area is 156 Å². The van der Waals surface area contributed by atoms with Gasteiger partial charge in [0.05, 0.1) is 0 Å². The van der Waals surface area contributed by atoms with Crippen LogP contribution in [-0.4, -0.2) is 29.1 Å². The van der Waals surface area contributed by atoms with Crippen LogP contribution >= 0.6 is 0 Å². The Morgan fingerprint density at radius 3 is 2.54 bits per heavy atom. The Morgan fingerprint density at radius 2 is 1.96 bits per heavy atom. The standard InChI is InChI=1S/C21H31NO4/c1-12-9-18(26-11-19(23)24)14(3)17-10-15(7-8-16(12)17)13(2)20(25)22-21(4,5)6/h9,13,15H,7-8,10-11H2,1-6H3,(H,22,25)(H,23,24). The van der Waals surface area contributed by atoms with Crippen LogP contribution in [-0.2, 0) is 22.4 Å². The molecule has 0 aliphatic heterocycles. The van der Waals surface area contributed by atoms with Gasteiger partial charge in [0, 0.05) is 11.5 Å². The van der Waals surface area contributed by atoms with Gasteiger partial charge < -0.3 is 15.2 Å². The molecule has 26 heavy (non-hydrogen) atoms. The molecule has 1 aliphatic rings. The highest BCUT2D eigenvalue weighted by atomic mass is 16.5. The number of fused-ring (bicyclic) bond motifs is 1. The molecule has 0 saturated heterocycles. The number of amides is 1. The summed E-state index contributed by atoms with van der Waals surface area (Å²) in [5.41, 5.74) is 4.44. The van der Waals surface area contributed by atoms with Crippen LogP contribution in [0.2, 0.25) is 0 Å². The number of carboxylic acid groups (broad SMARTS) is 1. The molecule has 0 fully saturated rings. The van der Waals surface area contributed by atoms with E-state index in [0.717, 1.165) is 30.4 Å². The van der Waals surface area contributed by atoms with Crippen LogP contribution < -0.4 is 10.1 Å². The summed E-state index contributed by atoms with van der Waals surface area (Å²) in [7, 11) is 0. The number of hydrogen-bond donors (Lipinski definition) is 2. The van der Waals surface area contributed by atoms with Gasteiger partial charge in [0.15, 0.2) is 6.61 Å². The number of benzene rings is 1. The highest BCUT2D eigenvalue weighted by molar-refractivity contribution is 5.79. The topological polar surface area (TPSA) is 75.6 Å². The number of nitrogens with one attached hydrogen (secondary N) is 1. The molecular weight excluding hydrogens is 330 g/mol. The number of hydrogen-bond acceptors (Lipinski definition) is 3. The SMILES string of the molecule is Cc1cc(OCC(=O)O)c(C)c2c1CCC(C(C)C(=O)NC(C)(C)C)C2. The molecule has 144 valence electrons. The van der Waals surface area contributed by atoms with Gasteiger partial charge in [-0.15, -0.1) is 0 Å². The molecule has 1 aromatic rings. The number of aliphatic carboxylic acids is 1. The fourth-order valence-electron chi connectivity index (χ4n) is 3.74. The first-order valence-corrected chi connectivity index (χ1v) is 9.28. The van der Waals surface area contributed by atoms with Crippen molar-refractivity contribution >= 4 is 11.9 Å². The minimum absolute atomic E-state index is 0.0642. The fourth-order valence-corrected chi connectivity index (χ4v) is 3.74. The van der Waals surface area contributed by atoms with Gasteiger partial charge in [-0.2, -0.15) is 0 Å². The third kappa shape index (κ3) is 4.77. The molecule has 0 spiro atoms. The summed E-state index contributed by atoms with van der Waals surface area (Å²) in [6.45, 7) is 11.7. The first-order valence-electron chi connectivity index (χ1n) is 9.28. The lowest BCUT2D eigenvalue weighted by atomic mass is 9.74. The summed E-state index contributed by atoms with van der Waals surface area (Å²) in [5.74, 6) is -0.0387. The van der Waals surface area contributed by atoms with Gasteiger partial charge in [-0.05, 0) is 88.1 Å². The summed E-state index contributed by atoms with van der Waals surface area (Å²) in [6.07, 6.45) is 2.76. The van der Waals surface area contributed by atoms with Crippen molar-refractivity contribution in [3.8, 4) is 5.75 Å². The summed E-state index contributed by atoms with van der Waals surface area (Å²) in [6, 6.07) is 1.94. The van der Waals surface area contributed by atoms with Crippen LogP contribution in [0.3, 0.4) is 0 Å². The summed E-state index contributed by atoms with van der Waals surface area (Å²) >= 11 is 0. The largest absolute Gasteiger partial charge is 0.482 e. The molecule has 1 aliphatic carbocycles. The number of carbonyl (C=O) groups excluding carboxylic acids is 1. The molecule has 0 radical (unpaired) electrons. The molecule has 2 atom stereocenters. The van der Waals surface area contributed by atoms with Crippen molar-refractivity contribution in [3.05, 3.63) is 28.3 Å². The maximum absolute atomic E-state index is 12.6. The molecule has 0 saturated carbocycles. The number of carbonyl (C=O) groups is 2. The molecule has 5 nitrogen and oxygen atoms in total. The van der Waals surface area contributed by atoms with E-state index in [4.69, 9.17) is 9.84 Å². The van der Waals surface area contributed by atoms with Crippen molar-refractivity contribution in [1.82, 2.24) is 5.32 Å². The molecule has 2 rings (SSSR count). The minimum atomic E-state index is -0.981. The van der Waals surface area contributed by atoms with Crippen LogP contribution in [0.4, 0.5) is 0 Å². The van der Waals surface area contributed by atoms with E-state index >= 15 is 0 Å². The smallest absolute Gasteiger partial charge is 0.341 e. The van der Waals surface area contributed by atoms with Crippen molar-refractivity contribution in [2.24, 2.45) is 11.8 Å². The Hall–Kier alpha value is -2.04. The highest BCUT2D eigenvalue weighted by Crippen LogP contribution is 2.37. The van der Waals surface area contributed by atoms with Gasteiger partial charge >= 0.3 is 5.97 Å². The fraction of sp³-hybridized carbons (Fsp3) is 0.619. The van der Waals surface area contributed by atoms with E-state index in [1.54, 1.807) is 0 Å². The van der Waals surface area contributed by atoms with Crippen molar-refractivity contribution in [3.63, 3.8) is 0 Å². The quantitative estimate of drug-likeness (QED) is 0.842. The molecule has 1 aromatic carbocycles. The Kier molecular flexibility index (Phi) is 5.99. The molecule has 0 heterocycles. The molecule has 0 aromatic heterocycles. The van der Waals surface area contributed by atoms with Crippen molar-refractivity contribution in [2.45, 2.75) is 66.3 Å². The predicted octanol–water partition coefficient (Wildman–Crippen LogP) is 3.42. The molecule has 0 bridgehead atoms. The van der Waals surface area contributed by atoms with Crippen LogP contribution in [0, 0.1) is 25.7 Å². The molecular formula is C21H31NO4. The predicted molar refractivity (Wildman–Crippen MR) is 102 cm³/mol. The zero-order valence-electron chi connectivity index (χ0n) is 16.7. The number of carboxylic acids is 1. The lowest BCUT2D eigenvalue weighted by Gasteiger charge is -2.33. The maximum atomic E-state index is 12.6. The van der Waals surface area contributed by atoms with Gasteiger partial charge in [-0.3, -0.25) is 4.79 Å². The average Bonchev–Trinajstić information content (AvgIpc) is 2.54. The van der Waals surface area contributed by atoms with Crippen molar-refractivity contribution in [2.75, 3.05) is 6.61 Å². The monoisotopic (exact) mass is 361 g/mol. The van der Waals surface area contributed by atoms with Crippen LogP contribution in [0.5, 0.6) is 5.75 Å². The van der Waals surface area contributed by atoms with E-state index in [2.05, 4.69) is 5.32 Å². The first-order chi connectivity index (χ1) is 12.0. The Balaban J connectivity index is 2.22. The molecule has 5 heteroatoms. The maximum Gasteiger partial charge on any atom is 0.341 e.